The van der Waals surface area contributed by atoms with Crippen LogP contribution < -0.4 is 10.6 Å². The SMILES string of the molecule is COC(=O)[C@H](CI)NC(=O)OC(C)(C)C.COC(=O)[C@H](Cc1c(C)cc(C#N)cc1C)NC(=O)OC(C)(C)C.Cc1cc(C#N)cc(C)c1Br. The van der Waals surface area contributed by atoms with Gasteiger partial charge in [-0.2, -0.15) is 10.5 Å². The summed E-state index contributed by atoms with van der Waals surface area (Å²) in [4.78, 5) is 46.4. The minimum Gasteiger partial charge on any atom is -0.467 e. The van der Waals surface area contributed by atoms with Crippen LogP contribution in [0.3, 0.4) is 0 Å². The van der Waals surface area contributed by atoms with E-state index in [-0.39, 0.29) is 6.42 Å². The molecule has 0 aliphatic carbocycles. The van der Waals surface area contributed by atoms with Crippen molar-refractivity contribution in [1.82, 2.24) is 10.6 Å². The lowest BCUT2D eigenvalue weighted by Gasteiger charge is -2.23. The van der Waals surface area contributed by atoms with E-state index in [4.69, 9.17) is 24.7 Å². The number of aryl methyl sites for hydroxylation is 4. The number of alkyl carbamates (subject to hydrolysis) is 2. The summed E-state index contributed by atoms with van der Waals surface area (Å²) in [6, 6.07) is 9.94. The predicted molar refractivity (Wildman–Crippen MR) is 202 cm³/mol. The zero-order chi connectivity index (χ0) is 39.0. The van der Waals surface area contributed by atoms with Gasteiger partial charge in [0.2, 0.25) is 0 Å². The number of amides is 2. The highest BCUT2D eigenvalue weighted by molar-refractivity contribution is 14.1. The summed E-state index contributed by atoms with van der Waals surface area (Å²) < 4.78 is 21.0. The molecule has 0 aliphatic rings. The van der Waals surface area contributed by atoms with Crippen molar-refractivity contribution < 1.29 is 38.1 Å². The number of alkyl halides is 1. The molecule has 50 heavy (non-hydrogen) atoms. The van der Waals surface area contributed by atoms with Crippen molar-refractivity contribution in [1.29, 1.82) is 10.5 Å². The Hall–Kier alpha value is -3.89. The van der Waals surface area contributed by atoms with Crippen LogP contribution in [0.15, 0.2) is 28.7 Å². The van der Waals surface area contributed by atoms with Crippen molar-refractivity contribution in [2.45, 2.75) is 98.9 Å². The van der Waals surface area contributed by atoms with Crippen molar-refractivity contribution in [2.75, 3.05) is 18.6 Å². The van der Waals surface area contributed by atoms with Gasteiger partial charge in [0.1, 0.15) is 23.3 Å². The minimum absolute atomic E-state index is 0.259. The number of nitriles is 2. The van der Waals surface area contributed by atoms with Crippen molar-refractivity contribution in [3.8, 4) is 12.1 Å². The largest absolute Gasteiger partial charge is 0.467 e. The lowest BCUT2D eigenvalue weighted by atomic mass is 9.94. The van der Waals surface area contributed by atoms with E-state index in [9.17, 15) is 19.2 Å². The summed E-state index contributed by atoms with van der Waals surface area (Å²) in [5.41, 5.74) is 4.93. The number of rotatable bonds is 7. The van der Waals surface area contributed by atoms with E-state index in [1.165, 1.54) is 14.2 Å². The first-order valence-corrected chi connectivity index (χ1v) is 17.7. The number of halogens is 2. The maximum Gasteiger partial charge on any atom is 0.408 e. The topological polar surface area (TPSA) is 177 Å². The number of methoxy groups -OCH3 is 2. The number of nitrogens with one attached hydrogen (secondary N) is 2. The maximum absolute atomic E-state index is 12.0. The van der Waals surface area contributed by atoms with Gasteiger partial charge in [0.25, 0.3) is 0 Å². The number of hydrogen-bond acceptors (Lipinski definition) is 10. The van der Waals surface area contributed by atoms with Gasteiger partial charge in [-0.25, -0.2) is 19.2 Å². The highest BCUT2D eigenvalue weighted by atomic mass is 127. The van der Waals surface area contributed by atoms with Crippen LogP contribution in [0.1, 0.15) is 80.5 Å². The summed E-state index contributed by atoms with van der Waals surface area (Å²) in [5, 5.41) is 22.6. The Morgan fingerprint density at radius 3 is 1.38 bits per heavy atom. The molecule has 0 spiro atoms. The number of hydrogen-bond donors (Lipinski definition) is 2. The van der Waals surface area contributed by atoms with Gasteiger partial charge in [-0.1, -0.05) is 38.5 Å². The molecule has 0 heterocycles. The molecule has 2 N–H and O–H groups in total. The molecule has 0 bridgehead atoms. The molecule has 2 rings (SSSR count). The maximum atomic E-state index is 12.0. The van der Waals surface area contributed by atoms with Gasteiger partial charge in [0.05, 0.1) is 37.5 Å². The fourth-order valence-electron chi connectivity index (χ4n) is 4.13. The summed E-state index contributed by atoms with van der Waals surface area (Å²) >= 11 is 5.42. The molecule has 274 valence electrons. The standard InChI is InChI=1S/C18H24N2O4.C9H8BrN.C9H16INO4/c1-11-7-13(10-19)8-12(2)14(11)9-15(16(21)23-6)20-17(22)24-18(3,4)5;1-6-3-8(5-11)4-7(2)9(6)10;1-9(2,3)15-8(13)11-6(5-10)7(12)14-4/h7-8,15H,9H2,1-6H3,(H,20,22);3-4H,1-2H3;6H,5H2,1-4H3,(H,11,13)/t15-;;6-/m0.0/s1. The Morgan fingerprint density at radius 1 is 0.720 bits per heavy atom. The fraction of sp³-hybridized carbons (Fsp3) is 0.500. The Labute approximate surface area is 317 Å². The van der Waals surface area contributed by atoms with E-state index < -0.39 is 47.4 Å². The second kappa shape index (κ2) is 21.4. The van der Waals surface area contributed by atoms with Crippen LogP contribution in [-0.2, 0) is 35.0 Å². The Bertz CT molecular complexity index is 1540. The zero-order valence-corrected chi connectivity index (χ0v) is 34.5. The fourth-order valence-corrected chi connectivity index (χ4v) is 4.94. The highest BCUT2D eigenvalue weighted by Gasteiger charge is 2.27. The molecule has 0 aromatic heterocycles. The molecule has 2 atom stereocenters. The lowest BCUT2D eigenvalue weighted by Crippen LogP contribution is -2.45. The average molecular weight is 872 g/mol. The van der Waals surface area contributed by atoms with Crippen LogP contribution in [-0.4, -0.2) is 66.1 Å². The van der Waals surface area contributed by atoms with Crippen molar-refractivity contribution in [3.05, 3.63) is 67.7 Å². The zero-order valence-electron chi connectivity index (χ0n) is 30.8. The number of carbonyl (C=O) groups is 4. The number of benzene rings is 2. The summed E-state index contributed by atoms with van der Waals surface area (Å²) in [7, 11) is 2.54. The predicted octanol–water partition coefficient (Wildman–Crippen LogP) is 7.21. The molecule has 0 saturated heterocycles. The van der Waals surface area contributed by atoms with Gasteiger partial charge in [-0.3, -0.25) is 0 Å². The second-order valence-electron chi connectivity index (χ2n) is 13.0. The summed E-state index contributed by atoms with van der Waals surface area (Å²) in [6.45, 7) is 18.2. The van der Waals surface area contributed by atoms with Crippen LogP contribution in [0.4, 0.5) is 9.59 Å². The molecule has 2 aromatic carbocycles. The second-order valence-corrected chi connectivity index (χ2v) is 14.7. The first kappa shape index (κ1) is 46.1. The van der Waals surface area contributed by atoms with Crippen LogP contribution in [0, 0.1) is 50.4 Å². The van der Waals surface area contributed by atoms with Gasteiger partial charge in [0, 0.05) is 15.3 Å². The van der Waals surface area contributed by atoms with Crippen LogP contribution >= 0.6 is 38.5 Å². The monoisotopic (exact) mass is 870 g/mol. The lowest BCUT2D eigenvalue weighted by molar-refractivity contribution is -0.143. The molecule has 0 aliphatic heterocycles. The molecular formula is C36H48BrIN4O8. The minimum atomic E-state index is -0.866. The van der Waals surface area contributed by atoms with Gasteiger partial charge in [-0.05, 0) is 121 Å². The highest BCUT2D eigenvalue weighted by Crippen LogP contribution is 2.22. The summed E-state index contributed by atoms with van der Waals surface area (Å²) in [6.07, 6.45) is -1.04. The number of nitrogens with zero attached hydrogens (tertiary/aromatic N) is 2. The van der Waals surface area contributed by atoms with Crippen molar-refractivity contribution >= 4 is 62.6 Å². The van der Waals surface area contributed by atoms with E-state index in [0.717, 1.165) is 37.9 Å². The first-order chi connectivity index (χ1) is 23.0. The molecule has 14 heteroatoms. The van der Waals surface area contributed by atoms with E-state index in [1.807, 2.05) is 62.4 Å². The normalized spacial score (nSPS) is 11.7. The third-order valence-electron chi connectivity index (χ3n) is 6.31. The Kier molecular flexibility index (Phi) is 19.7. The van der Waals surface area contributed by atoms with Crippen LogP contribution in [0.2, 0.25) is 0 Å². The molecule has 12 nitrogen and oxygen atoms in total. The Balaban J connectivity index is 0.000000787. The van der Waals surface area contributed by atoms with E-state index >= 15 is 0 Å². The van der Waals surface area contributed by atoms with Gasteiger partial charge in [0.15, 0.2) is 0 Å². The molecular weight excluding hydrogens is 823 g/mol. The molecule has 0 unspecified atom stereocenters. The number of ether oxygens (including phenoxy) is 4. The third-order valence-corrected chi connectivity index (χ3v) is 8.44. The van der Waals surface area contributed by atoms with Gasteiger partial charge >= 0.3 is 24.1 Å². The van der Waals surface area contributed by atoms with Gasteiger partial charge < -0.3 is 29.6 Å². The van der Waals surface area contributed by atoms with Crippen molar-refractivity contribution in [3.63, 3.8) is 0 Å². The number of esters is 2. The quantitative estimate of drug-likeness (QED) is 0.125. The third kappa shape index (κ3) is 17.7. The average Bonchev–Trinajstić information content (AvgIpc) is 3.01. The molecule has 0 radical (unpaired) electrons. The van der Waals surface area contributed by atoms with E-state index in [0.29, 0.717) is 9.99 Å². The molecule has 2 amide bonds. The molecule has 0 saturated carbocycles. The summed E-state index contributed by atoms with van der Waals surface area (Å²) in [5.74, 6) is -1.03. The van der Waals surface area contributed by atoms with Crippen molar-refractivity contribution in [2.24, 2.45) is 0 Å². The van der Waals surface area contributed by atoms with Crippen LogP contribution in [0.5, 0.6) is 0 Å². The molecule has 2 aromatic rings. The van der Waals surface area contributed by atoms with E-state index in [1.54, 1.807) is 53.7 Å². The van der Waals surface area contributed by atoms with Gasteiger partial charge in [-0.15, -0.1) is 0 Å². The smallest absolute Gasteiger partial charge is 0.408 e. The Morgan fingerprint density at radius 2 is 1.06 bits per heavy atom. The number of carbonyl (C=O) groups excluding carboxylic acids is 4. The van der Waals surface area contributed by atoms with Crippen LogP contribution in [0.25, 0.3) is 0 Å². The van der Waals surface area contributed by atoms with E-state index in [2.05, 4.69) is 43.4 Å². The molecule has 0 fully saturated rings. The first-order valence-electron chi connectivity index (χ1n) is 15.4.